The van der Waals surface area contributed by atoms with Gasteiger partial charge in [0.2, 0.25) is 5.77 Å². The molecule has 0 aliphatic carbocycles. The number of hydrogen-bond acceptors (Lipinski definition) is 2. The Bertz CT molecular complexity index is 151. The van der Waals surface area contributed by atoms with Gasteiger partial charge in [-0.15, -0.1) is 0 Å². The van der Waals surface area contributed by atoms with Gasteiger partial charge in [0, 0.05) is 13.2 Å². The molecule has 0 aromatic rings. The lowest BCUT2D eigenvalue weighted by Gasteiger charge is -2.18. The zero-order chi connectivity index (χ0) is 8.91. The second kappa shape index (κ2) is 5.46. The zero-order valence-corrected chi connectivity index (χ0v) is 9.05. The molecule has 3 nitrogen and oxygen atoms in total. The molecular formula is C5H13ClNO2PS. The van der Waals surface area contributed by atoms with Crippen LogP contribution in [0.1, 0.15) is 13.3 Å². The summed E-state index contributed by atoms with van der Waals surface area (Å²) < 4.78 is 4.88. The molecule has 0 rings (SSSR count). The molecule has 0 heterocycles. The third-order valence-electron chi connectivity index (χ3n) is 1.20. The van der Waals surface area contributed by atoms with Crippen LogP contribution in [-0.4, -0.2) is 24.7 Å². The van der Waals surface area contributed by atoms with E-state index < -0.39 is 5.77 Å². The van der Waals surface area contributed by atoms with E-state index in [2.05, 4.69) is 16.9 Å². The number of hydrogen-bond donors (Lipinski definition) is 2. The van der Waals surface area contributed by atoms with Crippen LogP contribution in [0.5, 0.6) is 0 Å². The summed E-state index contributed by atoms with van der Waals surface area (Å²) in [7, 11) is 1.60. The molecule has 0 aliphatic rings. The average Bonchev–Trinajstić information content (AvgIpc) is 1.84. The van der Waals surface area contributed by atoms with Gasteiger partial charge in [0.1, 0.15) is 0 Å². The second-order valence-corrected chi connectivity index (χ2v) is 7.11. The van der Waals surface area contributed by atoms with Gasteiger partial charge in [0.15, 0.2) is 0 Å². The van der Waals surface area contributed by atoms with Crippen LogP contribution in [-0.2, 0) is 16.5 Å². The number of nitrogens with one attached hydrogen (secondary N) is 1. The van der Waals surface area contributed by atoms with Gasteiger partial charge in [0.25, 0.3) is 0 Å². The van der Waals surface area contributed by atoms with E-state index in [9.17, 15) is 0 Å². The first-order chi connectivity index (χ1) is 4.99. The molecule has 0 spiro atoms. The number of methoxy groups -OCH3 is 1. The monoisotopic (exact) mass is 217 g/mol. The minimum absolute atomic E-state index is 0.0494. The number of halogens is 1. The molecule has 2 unspecified atom stereocenters. The van der Waals surface area contributed by atoms with Crippen molar-refractivity contribution in [2.75, 3.05) is 13.7 Å². The highest BCUT2D eigenvalue weighted by molar-refractivity contribution is 8.23. The molecule has 0 amide bonds. The molecule has 0 bridgehead atoms. The Morgan fingerprint density at radius 1 is 1.82 bits per heavy atom. The molecule has 11 heavy (non-hydrogen) atoms. The lowest BCUT2D eigenvalue weighted by Crippen LogP contribution is -2.28. The lowest BCUT2D eigenvalue weighted by molar-refractivity contribution is 0.173. The molecule has 0 fully saturated rings. The summed E-state index contributed by atoms with van der Waals surface area (Å²) >= 11 is 10.1. The fourth-order valence-electron chi connectivity index (χ4n) is 0.673. The Kier molecular flexibility index (Phi) is 5.87. The molecule has 6 heteroatoms. The van der Waals surface area contributed by atoms with E-state index in [1.54, 1.807) is 7.11 Å². The first-order valence-electron chi connectivity index (χ1n) is 3.28. The van der Waals surface area contributed by atoms with Crippen LogP contribution in [0.25, 0.3) is 0 Å². The largest absolute Gasteiger partial charge is 0.383 e. The average molecular weight is 218 g/mol. The molecule has 0 radical (unpaired) electrons. The summed E-state index contributed by atoms with van der Waals surface area (Å²) in [6.45, 7) is 2.49. The fourth-order valence-corrected chi connectivity index (χ4v) is 2.24. The van der Waals surface area contributed by atoms with E-state index in [0.29, 0.717) is 6.61 Å². The highest BCUT2D eigenvalue weighted by Crippen LogP contribution is 2.42. The smallest absolute Gasteiger partial charge is 0.216 e. The third-order valence-corrected chi connectivity index (χ3v) is 2.50. The molecular weight excluding hydrogens is 205 g/mol. The van der Waals surface area contributed by atoms with Crippen molar-refractivity contribution in [3.8, 4) is 0 Å². The summed E-state index contributed by atoms with van der Waals surface area (Å²) in [6.07, 6.45) is 0.833. The van der Waals surface area contributed by atoms with Crippen molar-refractivity contribution in [2.45, 2.75) is 19.4 Å². The first kappa shape index (κ1) is 11.8. The van der Waals surface area contributed by atoms with Crippen molar-refractivity contribution in [1.29, 1.82) is 0 Å². The Hall–Kier alpha value is 0.820. The predicted octanol–water partition coefficient (Wildman–Crippen LogP) is 1.46. The zero-order valence-electron chi connectivity index (χ0n) is 6.58. The molecule has 2 atom stereocenters. The molecule has 0 aromatic heterocycles. The summed E-state index contributed by atoms with van der Waals surface area (Å²) in [5.41, 5.74) is 0. The Morgan fingerprint density at radius 2 is 2.36 bits per heavy atom. The predicted molar refractivity (Wildman–Crippen MR) is 51.4 cm³/mol. The normalized spacial score (nSPS) is 19.3. The molecule has 68 valence electrons. The van der Waals surface area contributed by atoms with Crippen molar-refractivity contribution in [3.63, 3.8) is 0 Å². The van der Waals surface area contributed by atoms with E-state index in [0.717, 1.165) is 6.42 Å². The van der Waals surface area contributed by atoms with Crippen LogP contribution >= 0.6 is 17.0 Å². The van der Waals surface area contributed by atoms with Gasteiger partial charge in [-0.05, 0) is 29.5 Å². The maximum atomic E-state index is 9.07. The van der Waals surface area contributed by atoms with Gasteiger partial charge in [-0.3, -0.25) is 5.09 Å². The standard InChI is InChI=1S/C5H13ClNO2PS/c1-3-5(4-9-2)7-10(6,8)11/h5H,3-4H2,1-2H3,(H2,7,8,11). The van der Waals surface area contributed by atoms with Crippen molar-refractivity contribution >= 4 is 28.8 Å². The van der Waals surface area contributed by atoms with Gasteiger partial charge < -0.3 is 9.63 Å². The van der Waals surface area contributed by atoms with Crippen LogP contribution in [0, 0.1) is 0 Å². The van der Waals surface area contributed by atoms with E-state index in [-0.39, 0.29) is 6.04 Å². The van der Waals surface area contributed by atoms with Crippen LogP contribution in [0.4, 0.5) is 0 Å². The van der Waals surface area contributed by atoms with Gasteiger partial charge in [-0.2, -0.15) is 0 Å². The summed E-state index contributed by atoms with van der Waals surface area (Å²) in [6, 6.07) is 0.0494. The molecule has 0 aliphatic heterocycles. The molecule has 0 saturated heterocycles. The SMILES string of the molecule is CCC(COC)NP(O)(=S)Cl. The lowest BCUT2D eigenvalue weighted by atomic mass is 10.3. The summed E-state index contributed by atoms with van der Waals surface area (Å²) in [5, 5.41) is 2.73. The minimum Gasteiger partial charge on any atom is -0.383 e. The number of rotatable bonds is 5. The topological polar surface area (TPSA) is 41.5 Å². The highest BCUT2D eigenvalue weighted by Gasteiger charge is 2.13. The van der Waals surface area contributed by atoms with Crippen LogP contribution < -0.4 is 5.09 Å². The second-order valence-electron chi connectivity index (χ2n) is 2.19. The molecule has 0 aromatic carbocycles. The summed E-state index contributed by atoms with van der Waals surface area (Å²) in [5.74, 6) is -2.79. The minimum atomic E-state index is -2.79. The van der Waals surface area contributed by atoms with Crippen LogP contribution in [0.15, 0.2) is 0 Å². The van der Waals surface area contributed by atoms with Crippen LogP contribution in [0.3, 0.4) is 0 Å². The molecule has 0 saturated carbocycles. The van der Waals surface area contributed by atoms with Crippen molar-refractivity contribution in [3.05, 3.63) is 0 Å². The van der Waals surface area contributed by atoms with Crippen molar-refractivity contribution in [2.24, 2.45) is 0 Å². The first-order valence-corrected chi connectivity index (χ1v) is 6.94. The van der Waals surface area contributed by atoms with Crippen LogP contribution in [0.2, 0.25) is 0 Å². The van der Waals surface area contributed by atoms with Gasteiger partial charge in [-0.1, -0.05) is 6.92 Å². The maximum Gasteiger partial charge on any atom is 0.216 e. The van der Waals surface area contributed by atoms with Crippen molar-refractivity contribution in [1.82, 2.24) is 5.09 Å². The van der Waals surface area contributed by atoms with Gasteiger partial charge in [0.05, 0.1) is 6.61 Å². The quantitative estimate of drug-likeness (QED) is 0.685. The van der Waals surface area contributed by atoms with E-state index >= 15 is 0 Å². The van der Waals surface area contributed by atoms with E-state index in [1.165, 1.54) is 0 Å². The van der Waals surface area contributed by atoms with E-state index in [1.807, 2.05) is 6.92 Å². The maximum absolute atomic E-state index is 9.07. The van der Waals surface area contributed by atoms with Gasteiger partial charge >= 0.3 is 0 Å². The highest BCUT2D eigenvalue weighted by atomic mass is 35.7. The summed E-state index contributed by atoms with van der Waals surface area (Å²) in [4.78, 5) is 9.07. The van der Waals surface area contributed by atoms with E-state index in [4.69, 9.17) is 20.9 Å². The third kappa shape index (κ3) is 7.19. The number of ether oxygens (including phenoxy) is 1. The van der Waals surface area contributed by atoms with Gasteiger partial charge in [-0.25, -0.2) is 0 Å². The Balaban J connectivity index is 3.78. The van der Waals surface area contributed by atoms with Crippen molar-refractivity contribution < 1.29 is 9.63 Å². The Morgan fingerprint density at radius 3 is 2.64 bits per heavy atom. The molecule has 2 N–H and O–H groups in total. The Labute approximate surface area is 77.0 Å². The fraction of sp³-hybridized carbons (Fsp3) is 1.00.